The van der Waals surface area contributed by atoms with Crippen LogP contribution in [0.25, 0.3) is 0 Å². The van der Waals surface area contributed by atoms with Crippen LogP contribution in [0.15, 0.2) is 29.3 Å². The fraction of sp³-hybridized carbons (Fsp3) is 0.615. The number of carbonyl (C=O) groups is 3. The molecule has 0 aromatic heterocycles. The van der Waals surface area contributed by atoms with Crippen LogP contribution in [0.2, 0.25) is 0 Å². The molecule has 11 heteroatoms. The maximum atomic E-state index is 12.7. The van der Waals surface area contributed by atoms with E-state index in [9.17, 15) is 19.5 Å². The molecule has 1 aromatic rings. The zero-order valence-electron chi connectivity index (χ0n) is 21.7. The second-order valence-electron chi connectivity index (χ2n) is 9.32. The number of guanidine groups is 1. The number of amides is 2. The summed E-state index contributed by atoms with van der Waals surface area (Å²) in [7, 11) is 0. The molecule has 0 spiro atoms. The van der Waals surface area contributed by atoms with Crippen molar-refractivity contribution in [3.05, 3.63) is 24.3 Å². The Hall–Kier alpha value is -3.50. The number of aliphatic carboxylic acids is 1. The van der Waals surface area contributed by atoms with Crippen molar-refractivity contribution in [1.82, 2.24) is 15.5 Å². The number of carboxylic acid groups (broad SMARTS) is 1. The molecule has 0 unspecified atom stereocenters. The number of unbranched alkanes of at least 4 members (excludes halogenated alkanes) is 3. The highest BCUT2D eigenvalue weighted by Gasteiger charge is 2.25. The van der Waals surface area contributed by atoms with Gasteiger partial charge >= 0.3 is 12.1 Å². The zero-order valence-corrected chi connectivity index (χ0v) is 21.7. The molecule has 37 heavy (non-hydrogen) atoms. The lowest BCUT2D eigenvalue weighted by Gasteiger charge is -2.36. The first-order chi connectivity index (χ1) is 18.0. The number of ether oxygens (including phenoxy) is 1. The molecule has 11 nitrogen and oxygen atoms in total. The van der Waals surface area contributed by atoms with Crippen molar-refractivity contribution < 1.29 is 24.2 Å². The summed E-state index contributed by atoms with van der Waals surface area (Å²) < 4.78 is 5.07. The summed E-state index contributed by atoms with van der Waals surface area (Å²) >= 11 is 0. The highest BCUT2D eigenvalue weighted by molar-refractivity contribution is 5.94. The fourth-order valence-electron chi connectivity index (χ4n) is 4.31. The fourth-order valence-corrected chi connectivity index (χ4v) is 4.31. The lowest BCUT2D eigenvalue weighted by Crippen LogP contribution is -2.49. The van der Waals surface area contributed by atoms with E-state index in [-0.39, 0.29) is 25.4 Å². The van der Waals surface area contributed by atoms with Crippen LogP contribution in [0.3, 0.4) is 0 Å². The molecule has 1 aromatic carbocycles. The summed E-state index contributed by atoms with van der Waals surface area (Å²) in [6, 6.07) is 6.95. The topological polar surface area (TPSA) is 136 Å². The molecule has 1 saturated heterocycles. The molecular weight excluding hydrogens is 476 g/mol. The van der Waals surface area contributed by atoms with Crippen molar-refractivity contribution in [2.75, 3.05) is 56.1 Å². The van der Waals surface area contributed by atoms with Gasteiger partial charge in [0.1, 0.15) is 6.04 Å². The molecule has 2 aliphatic heterocycles. The van der Waals surface area contributed by atoms with E-state index in [1.807, 2.05) is 18.2 Å². The van der Waals surface area contributed by atoms with E-state index >= 15 is 0 Å². The van der Waals surface area contributed by atoms with Gasteiger partial charge in [0.25, 0.3) is 0 Å². The second kappa shape index (κ2) is 14.9. The number of benzene rings is 1. The van der Waals surface area contributed by atoms with E-state index in [0.29, 0.717) is 26.2 Å². The monoisotopic (exact) mass is 516 g/mol. The van der Waals surface area contributed by atoms with Crippen molar-refractivity contribution in [1.29, 1.82) is 0 Å². The van der Waals surface area contributed by atoms with E-state index in [2.05, 4.69) is 38.8 Å². The predicted octanol–water partition coefficient (Wildman–Crippen LogP) is 2.64. The van der Waals surface area contributed by atoms with Crippen molar-refractivity contribution in [2.45, 2.75) is 57.9 Å². The summed E-state index contributed by atoms with van der Waals surface area (Å²) in [4.78, 5) is 44.7. The minimum absolute atomic E-state index is 0.0188. The molecule has 2 heterocycles. The van der Waals surface area contributed by atoms with Gasteiger partial charge in [0.15, 0.2) is 5.96 Å². The van der Waals surface area contributed by atoms with Gasteiger partial charge in [0.05, 0.1) is 6.61 Å². The highest BCUT2D eigenvalue weighted by Crippen LogP contribution is 2.21. The van der Waals surface area contributed by atoms with Crippen molar-refractivity contribution >= 4 is 35.3 Å². The molecule has 2 amide bonds. The SMILES string of the molecule is CCCCCCOC(=O)N[C@@H](CCC(=O)N1CCN(c2cccc(NC3=NCCCN3)c2)CC1)C(=O)O. The lowest BCUT2D eigenvalue weighted by atomic mass is 10.1. The number of anilines is 2. The molecule has 1 atom stereocenters. The third kappa shape index (κ3) is 9.47. The van der Waals surface area contributed by atoms with E-state index in [1.54, 1.807) is 4.90 Å². The first kappa shape index (κ1) is 28.1. The van der Waals surface area contributed by atoms with Crippen LogP contribution in [-0.2, 0) is 14.3 Å². The minimum Gasteiger partial charge on any atom is -0.480 e. The lowest BCUT2D eigenvalue weighted by molar-refractivity contribution is -0.140. The average Bonchev–Trinajstić information content (AvgIpc) is 2.91. The Morgan fingerprint density at radius 2 is 1.97 bits per heavy atom. The molecule has 0 aliphatic carbocycles. The maximum absolute atomic E-state index is 12.7. The van der Waals surface area contributed by atoms with Crippen LogP contribution in [0.4, 0.5) is 16.2 Å². The zero-order chi connectivity index (χ0) is 26.5. The molecule has 1 fully saturated rings. The smallest absolute Gasteiger partial charge is 0.407 e. The van der Waals surface area contributed by atoms with Crippen LogP contribution in [0, 0.1) is 0 Å². The molecule has 2 aliphatic rings. The first-order valence-corrected chi connectivity index (χ1v) is 13.3. The summed E-state index contributed by atoms with van der Waals surface area (Å²) in [6.07, 6.45) is 4.19. The largest absolute Gasteiger partial charge is 0.480 e. The molecule has 0 radical (unpaired) electrons. The summed E-state index contributed by atoms with van der Waals surface area (Å²) in [5.41, 5.74) is 2.02. The number of nitrogens with zero attached hydrogens (tertiary/aromatic N) is 3. The third-order valence-electron chi connectivity index (χ3n) is 6.47. The number of carbonyl (C=O) groups excluding carboxylic acids is 2. The van der Waals surface area contributed by atoms with Crippen LogP contribution in [0.1, 0.15) is 51.9 Å². The third-order valence-corrected chi connectivity index (χ3v) is 6.47. The number of nitrogens with one attached hydrogen (secondary N) is 3. The van der Waals surface area contributed by atoms with Crippen molar-refractivity contribution in [3.8, 4) is 0 Å². The van der Waals surface area contributed by atoms with Crippen LogP contribution < -0.4 is 20.9 Å². The first-order valence-electron chi connectivity index (χ1n) is 13.3. The van der Waals surface area contributed by atoms with E-state index < -0.39 is 18.1 Å². The van der Waals surface area contributed by atoms with Gasteiger partial charge in [-0.05, 0) is 37.5 Å². The molecule has 3 rings (SSSR count). The Bertz CT molecular complexity index is 932. The van der Waals surface area contributed by atoms with E-state index in [0.717, 1.165) is 62.5 Å². The molecule has 0 saturated carbocycles. The molecule has 4 N–H and O–H groups in total. The second-order valence-corrected chi connectivity index (χ2v) is 9.32. The van der Waals surface area contributed by atoms with Gasteiger partial charge in [-0.3, -0.25) is 9.79 Å². The summed E-state index contributed by atoms with van der Waals surface area (Å²) in [6.45, 7) is 6.54. The van der Waals surface area contributed by atoms with Crippen LogP contribution >= 0.6 is 0 Å². The average molecular weight is 517 g/mol. The molecule has 204 valence electrons. The standard InChI is InChI=1S/C26H40N6O5/c1-2-3-4-5-18-37-26(36)30-22(24(34)35)10-11-23(33)32-16-14-31(15-17-32)21-9-6-8-20(19-21)29-25-27-12-7-13-28-25/h6,8-9,19,22H,2-5,7,10-18H2,1H3,(H,30,36)(H,34,35)(H2,27,28,29)/t22-/m0/s1. The quantitative estimate of drug-likeness (QED) is 0.311. The van der Waals surface area contributed by atoms with Crippen molar-refractivity contribution in [3.63, 3.8) is 0 Å². The van der Waals surface area contributed by atoms with Gasteiger partial charge in [-0.2, -0.15) is 0 Å². The number of rotatable bonds is 12. The Kier molecular flexibility index (Phi) is 11.3. The predicted molar refractivity (Wildman–Crippen MR) is 143 cm³/mol. The van der Waals surface area contributed by atoms with Crippen LogP contribution in [0.5, 0.6) is 0 Å². The maximum Gasteiger partial charge on any atom is 0.407 e. The Morgan fingerprint density at radius 3 is 2.68 bits per heavy atom. The number of alkyl carbamates (subject to hydrolysis) is 1. The molecule has 0 bridgehead atoms. The highest BCUT2D eigenvalue weighted by atomic mass is 16.5. The van der Waals surface area contributed by atoms with Gasteiger partial charge in [-0.25, -0.2) is 9.59 Å². The van der Waals surface area contributed by atoms with Gasteiger partial charge in [-0.1, -0.05) is 32.3 Å². The Morgan fingerprint density at radius 1 is 1.16 bits per heavy atom. The Balaban J connectivity index is 1.41. The number of aliphatic imine (C=N–C) groups is 1. The number of hydrogen-bond donors (Lipinski definition) is 4. The van der Waals surface area contributed by atoms with Gasteiger partial charge in [0, 0.05) is 57.1 Å². The Labute approximate surface area is 218 Å². The normalized spacial score (nSPS) is 16.3. The number of hydrogen-bond acceptors (Lipinski definition) is 8. The van der Waals surface area contributed by atoms with Gasteiger partial charge < -0.3 is 35.6 Å². The number of carboxylic acids is 1. The van der Waals surface area contributed by atoms with E-state index in [4.69, 9.17) is 4.74 Å². The molecular formula is C26H40N6O5. The van der Waals surface area contributed by atoms with Crippen LogP contribution in [-0.4, -0.2) is 85.9 Å². The van der Waals surface area contributed by atoms with Crippen molar-refractivity contribution in [2.24, 2.45) is 4.99 Å². The van der Waals surface area contributed by atoms with Gasteiger partial charge in [0.2, 0.25) is 5.91 Å². The minimum atomic E-state index is -1.18. The summed E-state index contributed by atoms with van der Waals surface area (Å²) in [5, 5.41) is 18.4. The van der Waals surface area contributed by atoms with Gasteiger partial charge in [-0.15, -0.1) is 0 Å². The summed E-state index contributed by atoms with van der Waals surface area (Å²) in [5.74, 6) is -0.505. The number of piperazine rings is 1. The van der Waals surface area contributed by atoms with E-state index in [1.165, 1.54) is 0 Å².